The highest BCUT2D eigenvalue weighted by Crippen LogP contribution is 2.32. The number of nitrogen functional groups attached to an aromatic ring is 1. The average Bonchev–Trinajstić information content (AvgIpc) is 2.67. The Kier molecular flexibility index (Phi) is 3.35. The number of hydrogen-bond acceptors (Lipinski definition) is 4. The first kappa shape index (κ1) is 11.7. The van der Waals surface area contributed by atoms with Gasteiger partial charge in [0.1, 0.15) is 11.9 Å². The summed E-state index contributed by atoms with van der Waals surface area (Å²) in [6.07, 6.45) is 0.595. The summed E-state index contributed by atoms with van der Waals surface area (Å²) in [6.45, 7) is 0. The van der Waals surface area contributed by atoms with E-state index in [-0.39, 0.29) is 5.82 Å². The smallest absolute Gasteiger partial charge is 0.129 e. The number of anilines is 1. The van der Waals surface area contributed by atoms with E-state index in [4.69, 9.17) is 28.9 Å². The van der Waals surface area contributed by atoms with Gasteiger partial charge in [0, 0.05) is 22.0 Å². The van der Waals surface area contributed by atoms with Crippen LogP contribution in [-0.2, 0) is 0 Å². The van der Waals surface area contributed by atoms with E-state index in [1.165, 1.54) is 17.5 Å². The van der Waals surface area contributed by atoms with Crippen molar-refractivity contribution < 1.29 is 5.11 Å². The molecule has 0 aliphatic rings. The van der Waals surface area contributed by atoms with E-state index in [1.807, 2.05) is 0 Å². The standard InChI is InChI=1S/C10H8Cl2N2OS/c11-5-1-7(10(13)14-3-5)9(15)8-2-6(12)4-16-8/h1-4,9,15H,(H2,13,14). The molecule has 0 saturated carbocycles. The molecule has 2 rings (SSSR count). The fraction of sp³-hybridized carbons (Fsp3) is 0.100. The number of pyridine rings is 1. The molecular weight excluding hydrogens is 267 g/mol. The van der Waals surface area contributed by atoms with Gasteiger partial charge in [0.25, 0.3) is 0 Å². The van der Waals surface area contributed by atoms with E-state index in [1.54, 1.807) is 17.5 Å². The third kappa shape index (κ3) is 2.30. The van der Waals surface area contributed by atoms with Gasteiger partial charge in [0.15, 0.2) is 0 Å². The third-order valence-corrected chi connectivity index (χ3v) is 3.61. The maximum Gasteiger partial charge on any atom is 0.129 e. The zero-order valence-corrected chi connectivity index (χ0v) is 10.4. The second-order valence-electron chi connectivity index (χ2n) is 3.20. The molecule has 0 spiro atoms. The van der Waals surface area contributed by atoms with E-state index in [9.17, 15) is 5.11 Å². The van der Waals surface area contributed by atoms with Crippen molar-refractivity contribution in [1.82, 2.24) is 4.98 Å². The third-order valence-electron chi connectivity index (χ3n) is 2.07. The maximum atomic E-state index is 10.1. The molecule has 3 nitrogen and oxygen atoms in total. The Morgan fingerprint density at radius 3 is 2.69 bits per heavy atom. The number of nitrogens with two attached hydrogens (primary N) is 1. The van der Waals surface area contributed by atoms with Crippen LogP contribution in [0.1, 0.15) is 16.5 Å². The summed E-state index contributed by atoms with van der Waals surface area (Å²) in [5, 5.41) is 12.9. The van der Waals surface area contributed by atoms with E-state index in [2.05, 4.69) is 4.98 Å². The fourth-order valence-corrected chi connectivity index (χ4v) is 2.56. The van der Waals surface area contributed by atoms with Gasteiger partial charge < -0.3 is 10.8 Å². The van der Waals surface area contributed by atoms with Crippen molar-refractivity contribution in [1.29, 1.82) is 0 Å². The lowest BCUT2D eigenvalue weighted by Crippen LogP contribution is -2.04. The minimum Gasteiger partial charge on any atom is -0.383 e. The highest BCUT2D eigenvalue weighted by atomic mass is 35.5. The normalized spacial score (nSPS) is 12.7. The summed E-state index contributed by atoms with van der Waals surface area (Å²) in [7, 11) is 0. The van der Waals surface area contributed by atoms with Crippen LogP contribution >= 0.6 is 34.5 Å². The Labute approximate surface area is 106 Å². The quantitative estimate of drug-likeness (QED) is 0.885. The van der Waals surface area contributed by atoms with Crippen molar-refractivity contribution in [2.75, 3.05) is 5.73 Å². The predicted octanol–water partition coefficient (Wildman–Crippen LogP) is 3.11. The molecule has 0 bridgehead atoms. The maximum absolute atomic E-state index is 10.1. The Bertz CT molecular complexity index is 515. The van der Waals surface area contributed by atoms with Crippen molar-refractivity contribution in [3.8, 4) is 0 Å². The SMILES string of the molecule is Nc1ncc(Cl)cc1C(O)c1cc(Cl)cs1. The van der Waals surface area contributed by atoms with Crippen LogP contribution in [0.3, 0.4) is 0 Å². The molecular formula is C10H8Cl2N2OS. The minimum atomic E-state index is -0.844. The average molecular weight is 275 g/mol. The highest BCUT2D eigenvalue weighted by Gasteiger charge is 2.16. The lowest BCUT2D eigenvalue weighted by atomic mass is 10.1. The summed E-state index contributed by atoms with van der Waals surface area (Å²) in [5.41, 5.74) is 6.17. The Morgan fingerprint density at radius 2 is 2.06 bits per heavy atom. The van der Waals surface area contributed by atoms with Gasteiger partial charge in [-0.1, -0.05) is 23.2 Å². The van der Waals surface area contributed by atoms with Gasteiger partial charge in [-0.2, -0.15) is 0 Å². The van der Waals surface area contributed by atoms with E-state index < -0.39 is 6.10 Å². The lowest BCUT2D eigenvalue weighted by molar-refractivity contribution is 0.224. The summed E-state index contributed by atoms with van der Waals surface area (Å²) in [5.74, 6) is 0.265. The van der Waals surface area contributed by atoms with Crippen LogP contribution in [0, 0.1) is 0 Å². The van der Waals surface area contributed by atoms with Crippen LogP contribution in [0.2, 0.25) is 10.0 Å². The highest BCUT2D eigenvalue weighted by molar-refractivity contribution is 7.10. The van der Waals surface area contributed by atoms with Gasteiger partial charge in [-0.3, -0.25) is 0 Å². The van der Waals surface area contributed by atoms with Gasteiger partial charge in [-0.05, 0) is 12.1 Å². The van der Waals surface area contributed by atoms with Gasteiger partial charge in [0.2, 0.25) is 0 Å². The van der Waals surface area contributed by atoms with Crippen molar-refractivity contribution in [2.45, 2.75) is 6.10 Å². The number of halogens is 2. The van der Waals surface area contributed by atoms with E-state index in [0.29, 0.717) is 20.5 Å². The topological polar surface area (TPSA) is 59.1 Å². The predicted molar refractivity (Wildman–Crippen MR) is 67.1 cm³/mol. The molecule has 0 amide bonds. The first-order chi connectivity index (χ1) is 7.58. The number of hydrogen-bond donors (Lipinski definition) is 2. The molecule has 16 heavy (non-hydrogen) atoms. The monoisotopic (exact) mass is 274 g/mol. The Hall–Kier alpha value is -0.810. The molecule has 1 unspecified atom stereocenters. The van der Waals surface area contributed by atoms with Crippen molar-refractivity contribution in [3.63, 3.8) is 0 Å². The van der Waals surface area contributed by atoms with Crippen LogP contribution in [0.5, 0.6) is 0 Å². The molecule has 2 aromatic rings. The largest absolute Gasteiger partial charge is 0.383 e. The van der Waals surface area contributed by atoms with Crippen molar-refractivity contribution in [2.24, 2.45) is 0 Å². The molecule has 6 heteroatoms. The lowest BCUT2D eigenvalue weighted by Gasteiger charge is -2.11. The van der Waals surface area contributed by atoms with E-state index in [0.717, 1.165) is 0 Å². The van der Waals surface area contributed by atoms with Crippen LogP contribution in [0.15, 0.2) is 23.7 Å². The fourth-order valence-electron chi connectivity index (χ4n) is 1.31. The first-order valence-corrected chi connectivity index (χ1v) is 6.04. The number of rotatable bonds is 2. The zero-order valence-electron chi connectivity index (χ0n) is 8.02. The van der Waals surface area contributed by atoms with Crippen molar-refractivity contribution in [3.05, 3.63) is 44.2 Å². The minimum absolute atomic E-state index is 0.265. The van der Waals surface area contributed by atoms with E-state index >= 15 is 0 Å². The van der Waals surface area contributed by atoms with Crippen LogP contribution < -0.4 is 5.73 Å². The second kappa shape index (κ2) is 4.59. The Balaban J connectivity index is 2.40. The number of aromatic nitrogens is 1. The molecule has 0 saturated heterocycles. The van der Waals surface area contributed by atoms with Crippen LogP contribution in [0.25, 0.3) is 0 Å². The number of thiophene rings is 1. The Morgan fingerprint density at radius 1 is 1.31 bits per heavy atom. The summed E-state index contributed by atoms with van der Waals surface area (Å²) in [4.78, 5) is 4.60. The molecule has 1 atom stereocenters. The number of aliphatic hydroxyl groups is 1. The molecule has 0 aromatic carbocycles. The summed E-state index contributed by atoms with van der Waals surface area (Å²) in [6, 6.07) is 3.29. The molecule has 3 N–H and O–H groups in total. The van der Waals surface area contributed by atoms with Crippen molar-refractivity contribution >= 4 is 40.4 Å². The van der Waals surface area contributed by atoms with Gasteiger partial charge >= 0.3 is 0 Å². The zero-order chi connectivity index (χ0) is 11.7. The number of aliphatic hydroxyl groups excluding tert-OH is 1. The molecule has 2 aromatic heterocycles. The van der Waals surface area contributed by atoms with Crippen LogP contribution in [0.4, 0.5) is 5.82 Å². The number of nitrogens with zero attached hydrogens (tertiary/aromatic N) is 1. The first-order valence-electron chi connectivity index (χ1n) is 4.41. The molecule has 0 radical (unpaired) electrons. The molecule has 0 fully saturated rings. The van der Waals surface area contributed by atoms with Gasteiger partial charge in [-0.15, -0.1) is 11.3 Å². The molecule has 2 heterocycles. The molecule has 0 aliphatic heterocycles. The van der Waals surface area contributed by atoms with Gasteiger partial charge in [0.05, 0.1) is 10.0 Å². The van der Waals surface area contributed by atoms with Gasteiger partial charge in [-0.25, -0.2) is 4.98 Å². The summed E-state index contributed by atoms with van der Waals surface area (Å²) < 4.78 is 0. The second-order valence-corrected chi connectivity index (χ2v) is 5.01. The van der Waals surface area contributed by atoms with Crippen LogP contribution in [-0.4, -0.2) is 10.1 Å². The summed E-state index contributed by atoms with van der Waals surface area (Å²) >= 11 is 12.9. The molecule has 0 aliphatic carbocycles. The molecule has 84 valence electrons.